The van der Waals surface area contributed by atoms with E-state index in [9.17, 15) is 9.50 Å². The highest BCUT2D eigenvalue weighted by Crippen LogP contribution is 2.40. The Hall–Kier alpha value is -0.600. The molecule has 1 atom stereocenters. The van der Waals surface area contributed by atoms with Crippen molar-refractivity contribution in [2.75, 3.05) is 0 Å². The van der Waals surface area contributed by atoms with E-state index in [0.717, 1.165) is 19.3 Å². The lowest BCUT2D eigenvalue weighted by Crippen LogP contribution is -2.21. The molecule has 1 fully saturated rings. The van der Waals surface area contributed by atoms with Crippen molar-refractivity contribution < 1.29 is 9.50 Å². The molecule has 0 heterocycles. The van der Waals surface area contributed by atoms with Crippen LogP contribution in [0.4, 0.5) is 4.39 Å². The summed E-state index contributed by atoms with van der Waals surface area (Å²) in [6, 6.07) is 4.50. The van der Waals surface area contributed by atoms with E-state index in [4.69, 9.17) is 11.6 Å². The summed E-state index contributed by atoms with van der Waals surface area (Å²) >= 11 is 5.85. The van der Waals surface area contributed by atoms with E-state index < -0.39 is 11.9 Å². The molecule has 3 heteroatoms. The van der Waals surface area contributed by atoms with Crippen LogP contribution in [0.3, 0.4) is 0 Å². The highest BCUT2D eigenvalue weighted by Gasteiger charge is 2.29. The van der Waals surface area contributed by atoms with Crippen molar-refractivity contribution in [2.24, 2.45) is 5.92 Å². The summed E-state index contributed by atoms with van der Waals surface area (Å²) in [5.41, 5.74) is 0.263. The van der Waals surface area contributed by atoms with Gasteiger partial charge in [-0.25, -0.2) is 4.39 Å². The Balaban J connectivity index is 2.29. The molecule has 0 aliphatic heterocycles. The van der Waals surface area contributed by atoms with Gasteiger partial charge in [0.05, 0.1) is 6.10 Å². The third-order valence-electron chi connectivity index (χ3n) is 2.89. The molecule has 1 saturated carbocycles. The van der Waals surface area contributed by atoms with Gasteiger partial charge in [0.15, 0.2) is 0 Å². The normalized spacial score (nSPS) is 19.1. The predicted molar refractivity (Wildman–Crippen MR) is 53.7 cm³/mol. The third kappa shape index (κ3) is 1.64. The first kappa shape index (κ1) is 9.94. The highest BCUT2D eigenvalue weighted by atomic mass is 35.5. The molecule has 0 radical (unpaired) electrons. The lowest BCUT2D eigenvalue weighted by Gasteiger charge is -2.31. The fraction of sp³-hybridized carbons (Fsp3) is 0.455. The topological polar surface area (TPSA) is 20.2 Å². The number of hydrogen-bond acceptors (Lipinski definition) is 1. The summed E-state index contributed by atoms with van der Waals surface area (Å²) in [5, 5.41) is 10.2. The zero-order valence-electron chi connectivity index (χ0n) is 7.71. The van der Waals surface area contributed by atoms with Crippen molar-refractivity contribution in [3.8, 4) is 0 Å². The SMILES string of the molecule is OC(c1c(F)cccc1Cl)C1CCC1. The lowest BCUT2D eigenvalue weighted by molar-refractivity contribution is 0.0593. The molecular formula is C11H12ClFO. The second-order valence-corrected chi connectivity index (χ2v) is 4.18. The molecule has 0 amide bonds. The summed E-state index contributed by atoms with van der Waals surface area (Å²) in [5.74, 6) is -0.221. The lowest BCUT2D eigenvalue weighted by atomic mass is 9.78. The van der Waals surface area contributed by atoms with Crippen LogP contribution in [0.25, 0.3) is 0 Å². The van der Waals surface area contributed by atoms with Crippen molar-refractivity contribution in [3.05, 3.63) is 34.6 Å². The number of hydrogen-bond donors (Lipinski definition) is 1. The molecule has 1 N–H and O–H groups in total. The molecular weight excluding hydrogens is 203 g/mol. The van der Waals surface area contributed by atoms with E-state index in [1.54, 1.807) is 12.1 Å². The minimum absolute atomic E-state index is 0.185. The highest BCUT2D eigenvalue weighted by molar-refractivity contribution is 6.31. The van der Waals surface area contributed by atoms with Crippen LogP contribution >= 0.6 is 11.6 Å². The maximum Gasteiger partial charge on any atom is 0.130 e. The number of rotatable bonds is 2. The van der Waals surface area contributed by atoms with Crippen LogP contribution in [0, 0.1) is 11.7 Å². The average Bonchev–Trinajstić information content (AvgIpc) is 2.00. The Labute approximate surface area is 87.5 Å². The minimum atomic E-state index is -0.738. The van der Waals surface area contributed by atoms with Crippen molar-refractivity contribution >= 4 is 11.6 Å². The fourth-order valence-corrected chi connectivity index (χ4v) is 2.06. The van der Waals surface area contributed by atoms with E-state index in [1.165, 1.54) is 6.07 Å². The molecule has 1 nitrogen and oxygen atoms in total. The summed E-state index contributed by atoms with van der Waals surface area (Å²) in [6.45, 7) is 0. The van der Waals surface area contributed by atoms with Gasteiger partial charge < -0.3 is 5.11 Å². The summed E-state index contributed by atoms with van der Waals surface area (Å²) in [4.78, 5) is 0. The molecule has 14 heavy (non-hydrogen) atoms. The Bertz CT molecular complexity index is 316. The molecule has 0 aromatic heterocycles. The summed E-state index contributed by atoms with van der Waals surface area (Å²) < 4.78 is 13.4. The van der Waals surface area contributed by atoms with Gasteiger partial charge in [0, 0.05) is 10.6 Å². The first-order valence-corrected chi connectivity index (χ1v) is 5.20. The first-order valence-electron chi connectivity index (χ1n) is 4.82. The standard InChI is InChI=1S/C11H12ClFO/c12-8-5-2-6-9(13)10(8)11(14)7-3-1-4-7/h2,5-7,11,14H,1,3-4H2. The van der Waals surface area contributed by atoms with Crippen LogP contribution in [0.2, 0.25) is 5.02 Å². The van der Waals surface area contributed by atoms with Gasteiger partial charge in [-0.1, -0.05) is 24.1 Å². The molecule has 2 rings (SSSR count). The third-order valence-corrected chi connectivity index (χ3v) is 3.22. The second kappa shape index (κ2) is 3.87. The number of halogens is 2. The zero-order valence-corrected chi connectivity index (χ0v) is 8.47. The van der Waals surface area contributed by atoms with Crippen molar-refractivity contribution in [1.29, 1.82) is 0 Å². The first-order chi connectivity index (χ1) is 6.70. The summed E-state index contributed by atoms with van der Waals surface area (Å²) in [6.07, 6.45) is 2.31. The molecule has 1 aliphatic rings. The molecule has 0 spiro atoms. The van der Waals surface area contributed by atoms with Crippen LogP contribution in [-0.4, -0.2) is 5.11 Å². The maximum absolute atomic E-state index is 13.4. The minimum Gasteiger partial charge on any atom is -0.388 e. The van der Waals surface area contributed by atoms with Gasteiger partial charge >= 0.3 is 0 Å². The van der Waals surface area contributed by atoms with Gasteiger partial charge in [-0.2, -0.15) is 0 Å². The molecule has 76 valence electrons. The van der Waals surface area contributed by atoms with Crippen molar-refractivity contribution in [1.82, 2.24) is 0 Å². The van der Waals surface area contributed by atoms with E-state index in [1.807, 2.05) is 0 Å². The largest absolute Gasteiger partial charge is 0.388 e. The van der Waals surface area contributed by atoms with Gasteiger partial charge in [-0.3, -0.25) is 0 Å². The number of aliphatic hydroxyl groups excluding tert-OH is 1. The van der Waals surface area contributed by atoms with Crippen LogP contribution in [0.5, 0.6) is 0 Å². The van der Waals surface area contributed by atoms with Crippen LogP contribution in [-0.2, 0) is 0 Å². The Morgan fingerprint density at radius 1 is 1.43 bits per heavy atom. The van der Waals surface area contributed by atoms with E-state index in [0.29, 0.717) is 5.02 Å². The smallest absolute Gasteiger partial charge is 0.130 e. The van der Waals surface area contributed by atoms with Crippen molar-refractivity contribution in [2.45, 2.75) is 25.4 Å². The van der Waals surface area contributed by atoms with E-state index in [2.05, 4.69) is 0 Å². The van der Waals surface area contributed by atoms with Crippen LogP contribution in [0.1, 0.15) is 30.9 Å². The monoisotopic (exact) mass is 214 g/mol. The Morgan fingerprint density at radius 3 is 2.64 bits per heavy atom. The van der Waals surface area contributed by atoms with E-state index in [-0.39, 0.29) is 11.5 Å². The molecule has 1 aromatic rings. The van der Waals surface area contributed by atoms with Gasteiger partial charge in [-0.15, -0.1) is 0 Å². The second-order valence-electron chi connectivity index (χ2n) is 3.77. The number of benzene rings is 1. The van der Waals surface area contributed by atoms with Gasteiger partial charge in [0.2, 0.25) is 0 Å². The van der Waals surface area contributed by atoms with Gasteiger partial charge in [0.1, 0.15) is 5.82 Å². The quantitative estimate of drug-likeness (QED) is 0.801. The molecule has 1 aromatic carbocycles. The predicted octanol–water partition coefficient (Wildman–Crippen LogP) is 3.31. The van der Waals surface area contributed by atoms with Crippen molar-refractivity contribution in [3.63, 3.8) is 0 Å². The van der Waals surface area contributed by atoms with Gasteiger partial charge in [0.25, 0.3) is 0 Å². The number of aliphatic hydroxyl groups is 1. The van der Waals surface area contributed by atoms with E-state index >= 15 is 0 Å². The molecule has 1 unspecified atom stereocenters. The molecule has 0 saturated heterocycles. The molecule has 1 aliphatic carbocycles. The van der Waals surface area contributed by atoms with Gasteiger partial charge in [-0.05, 0) is 30.9 Å². The van der Waals surface area contributed by atoms with Crippen LogP contribution in [0.15, 0.2) is 18.2 Å². The maximum atomic E-state index is 13.4. The van der Waals surface area contributed by atoms with Crippen LogP contribution < -0.4 is 0 Å². The fourth-order valence-electron chi connectivity index (χ4n) is 1.78. The Kier molecular flexibility index (Phi) is 2.75. The summed E-state index contributed by atoms with van der Waals surface area (Å²) in [7, 11) is 0. The zero-order chi connectivity index (χ0) is 10.1. The Morgan fingerprint density at radius 2 is 2.14 bits per heavy atom. The molecule has 0 bridgehead atoms. The average molecular weight is 215 g/mol.